The molecule has 0 saturated carbocycles. The van der Waals surface area contributed by atoms with Gasteiger partial charge in [0.2, 0.25) is 0 Å². The molecule has 2 aromatic heterocycles. The van der Waals surface area contributed by atoms with E-state index >= 15 is 0 Å². The van der Waals surface area contributed by atoms with Crippen LogP contribution in [-0.2, 0) is 0 Å². The Balaban J connectivity index is 1.48. The summed E-state index contributed by atoms with van der Waals surface area (Å²) in [6.07, 6.45) is 0.890. The summed E-state index contributed by atoms with van der Waals surface area (Å²) in [4.78, 5) is 16.8. The van der Waals surface area contributed by atoms with Crippen LogP contribution in [0, 0.1) is 6.92 Å². The minimum absolute atomic E-state index is 0.0481. The molecule has 128 valence electrons. The number of benzene rings is 1. The van der Waals surface area contributed by atoms with Gasteiger partial charge in [0.1, 0.15) is 5.58 Å². The number of carbonyl (C=O) groups is 1. The van der Waals surface area contributed by atoms with Gasteiger partial charge >= 0.3 is 0 Å². The number of hydrogen-bond acceptors (Lipinski definition) is 5. The van der Waals surface area contributed by atoms with E-state index in [0.29, 0.717) is 18.8 Å². The Morgan fingerprint density at radius 3 is 2.72 bits per heavy atom. The highest BCUT2D eigenvalue weighted by atomic mass is 16.3. The van der Waals surface area contributed by atoms with Crippen LogP contribution < -0.4 is 4.90 Å². The molecule has 3 aromatic rings. The van der Waals surface area contributed by atoms with Gasteiger partial charge in [0.15, 0.2) is 11.6 Å². The quantitative estimate of drug-likeness (QED) is 0.720. The summed E-state index contributed by atoms with van der Waals surface area (Å²) < 4.78 is 5.72. The van der Waals surface area contributed by atoms with Crippen LogP contribution in [0.25, 0.3) is 11.0 Å². The van der Waals surface area contributed by atoms with E-state index in [1.807, 2.05) is 54.3 Å². The highest BCUT2D eigenvalue weighted by Crippen LogP contribution is 2.21. The van der Waals surface area contributed by atoms with Gasteiger partial charge in [-0.05, 0) is 37.6 Å². The molecular weight excluding hydrogens is 316 g/mol. The first-order chi connectivity index (χ1) is 12.2. The molecule has 0 atom stereocenters. The van der Waals surface area contributed by atoms with Crippen molar-refractivity contribution in [1.29, 1.82) is 0 Å². The summed E-state index contributed by atoms with van der Waals surface area (Å²) in [5.74, 6) is 1.22. The van der Waals surface area contributed by atoms with E-state index in [9.17, 15) is 4.79 Å². The van der Waals surface area contributed by atoms with Crippen molar-refractivity contribution in [3.63, 3.8) is 0 Å². The molecule has 0 aliphatic carbocycles. The smallest absolute Gasteiger partial charge is 0.289 e. The van der Waals surface area contributed by atoms with E-state index in [0.717, 1.165) is 42.0 Å². The second kappa shape index (κ2) is 6.55. The molecule has 1 aliphatic rings. The van der Waals surface area contributed by atoms with Crippen LogP contribution in [0.2, 0.25) is 0 Å². The average molecular weight is 336 g/mol. The maximum absolute atomic E-state index is 12.8. The molecule has 6 nitrogen and oxygen atoms in total. The molecule has 0 unspecified atom stereocenters. The van der Waals surface area contributed by atoms with Gasteiger partial charge in [-0.25, -0.2) is 0 Å². The molecule has 0 bridgehead atoms. The largest absolute Gasteiger partial charge is 0.451 e. The van der Waals surface area contributed by atoms with Crippen LogP contribution in [0.4, 0.5) is 5.82 Å². The molecule has 1 fully saturated rings. The van der Waals surface area contributed by atoms with Crippen molar-refractivity contribution in [3.05, 3.63) is 53.9 Å². The van der Waals surface area contributed by atoms with Crippen LogP contribution in [0.5, 0.6) is 0 Å². The number of fused-ring (bicyclic) bond motifs is 1. The van der Waals surface area contributed by atoms with Gasteiger partial charge in [-0.1, -0.05) is 18.2 Å². The predicted molar refractivity (Wildman–Crippen MR) is 95.7 cm³/mol. The van der Waals surface area contributed by atoms with E-state index in [4.69, 9.17) is 4.42 Å². The number of aryl methyl sites for hydroxylation is 1. The fourth-order valence-corrected chi connectivity index (χ4v) is 3.15. The van der Waals surface area contributed by atoms with Gasteiger partial charge in [0.05, 0.1) is 5.69 Å². The Kier molecular flexibility index (Phi) is 4.09. The molecule has 4 rings (SSSR count). The second-order valence-corrected chi connectivity index (χ2v) is 6.31. The lowest BCUT2D eigenvalue weighted by Gasteiger charge is -2.22. The van der Waals surface area contributed by atoms with Crippen LogP contribution >= 0.6 is 0 Å². The van der Waals surface area contributed by atoms with E-state index < -0.39 is 0 Å². The molecule has 25 heavy (non-hydrogen) atoms. The Morgan fingerprint density at radius 2 is 1.92 bits per heavy atom. The first-order valence-electron chi connectivity index (χ1n) is 8.54. The number of amides is 1. The summed E-state index contributed by atoms with van der Waals surface area (Å²) in [7, 11) is 0. The molecular formula is C19H20N4O2. The predicted octanol–water partition coefficient (Wildman–Crippen LogP) is 2.88. The van der Waals surface area contributed by atoms with Gasteiger partial charge in [-0.15, -0.1) is 5.10 Å². The van der Waals surface area contributed by atoms with Crippen LogP contribution in [0.1, 0.15) is 22.7 Å². The molecule has 1 aromatic carbocycles. The first-order valence-corrected chi connectivity index (χ1v) is 8.54. The monoisotopic (exact) mass is 336 g/mol. The summed E-state index contributed by atoms with van der Waals surface area (Å²) >= 11 is 0. The number of para-hydroxylation sites is 1. The van der Waals surface area contributed by atoms with Crippen LogP contribution in [0.3, 0.4) is 0 Å². The number of hydrogen-bond donors (Lipinski definition) is 0. The zero-order valence-corrected chi connectivity index (χ0v) is 14.2. The lowest BCUT2D eigenvalue weighted by molar-refractivity contribution is 0.0737. The number of carbonyl (C=O) groups excluding carboxylic acids is 1. The minimum Gasteiger partial charge on any atom is -0.451 e. The highest BCUT2D eigenvalue weighted by molar-refractivity contribution is 5.96. The van der Waals surface area contributed by atoms with Crippen LogP contribution in [-0.4, -0.2) is 47.2 Å². The third kappa shape index (κ3) is 3.20. The molecule has 0 N–H and O–H groups in total. The molecule has 1 amide bonds. The highest BCUT2D eigenvalue weighted by Gasteiger charge is 2.23. The van der Waals surface area contributed by atoms with E-state index in [1.165, 1.54) is 0 Å². The Bertz CT molecular complexity index is 855. The molecule has 0 spiro atoms. The number of aromatic nitrogens is 2. The number of nitrogens with zero attached hydrogens (tertiary/aromatic N) is 4. The standard InChI is InChI=1S/C19H20N4O2/c1-14-7-8-18(21-20-14)22-9-4-10-23(12-11-22)19(24)17-13-15-5-2-3-6-16(15)25-17/h2-3,5-8,13H,4,9-12H2,1H3. The fourth-order valence-electron chi connectivity index (χ4n) is 3.15. The van der Waals surface area contributed by atoms with Crippen molar-refractivity contribution >= 4 is 22.7 Å². The van der Waals surface area contributed by atoms with E-state index in [-0.39, 0.29) is 5.91 Å². The zero-order valence-electron chi connectivity index (χ0n) is 14.2. The number of furan rings is 1. The van der Waals surface area contributed by atoms with Gasteiger partial charge in [-0.2, -0.15) is 5.10 Å². The van der Waals surface area contributed by atoms with Crippen molar-refractivity contribution in [2.45, 2.75) is 13.3 Å². The second-order valence-electron chi connectivity index (χ2n) is 6.31. The van der Waals surface area contributed by atoms with Crippen molar-refractivity contribution in [2.75, 3.05) is 31.1 Å². The van der Waals surface area contributed by atoms with Crippen molar-refractivity contribution in [2.24, 2.45) is 0 Å². The molecule has 1 aliphatic heterocycles. The van der Waals surface area contributed by atoms with Gasteiger partial charge < -0.3 is 14.2 Å². The third-order valence-corrected chi connectivity index (χ3v) is 4.53. The summed E-state index contributed by atoms with van der Waals surface area (Å²) in [6.45, 7) is 4.88. The molecule has 0 radical (unpaired) electrons. The molecule has 1 saturated heterocycles. The minimum atomic E-state index is -0.0481. The first kappa shape index (κ1) is 15.6. The Labute approximate surface area is 146 Å². The summed E-state index contributed by atoms with van der Waals surface area (Å²) in [6, 6.07) is 13.5. The SMILES string of the molecule is Cc1ccc(N2CCCN(C(=O)c3cc4ccccc4o3)CC2)nn1. The molecule has 6 heteroatoms. The fraction of sp³-hybridized carbons (Fsp3) is 0.316. The third-order valence-electron chi connectivity index (χ3n) is 4.53. The van der Waals surface area contributed by atoms with Gasteiger partial charge in [0, 0.05) is 31.6 Å². The van der Waals surface area contributed by atoms with E-state index in [2.05, 4.69) is 15.1 Å². The van der Waals surface area contributed by atoms with Crippen molar-refractivity contribution < 1.29 is 9.21 Å². The molecule has 3 heterocycles. The van der Waals surface area contributed by atoms with Crippen LogP contribution in [0.15, 0.2) is 46.9 Å². The lowest BCUT2D eigenvalue weighted by Crippen LogP contribution is -2.35. The Morgan fingerprint density at radius 1 is 1.04 bits per heavy atom. The van der Waals surface area contributed by atoms with E-state index in [1.54, 1.807) is 0 Å². The number of rotatable bonds is 2. The lowest BCUT2D eigenvalue weighted by atomic mass is 10.2. The topological polar surface area (TPSA) is 62.5 Å². The normalized spacial score (nSPS) is 15.4. The van der Waals surface area contributed by atoms with Gasteiger partial charge in [0.25, 0.3) is 5.91 Å². The average Bonchev–Trinajstić information content (AvgIpc) is 2.92. The van der Waals surface area contributed by atoms with Gasteiger partial charge in [-0.3, -0.25) is 4.79 Å². The maximum atomic E-state index is 12.8. The number of anilines is 1. The van der Waals surface area contributed by atoms with Crippen molar-refractivity contribution in [1.82, 2.24) is 15.1 Å². The summed E-state index contributed by atoms with van der Waals surface area (Å²) in [5, 5.41) is 9.33. The Hall–Kier alpha value is -2.89. The summed E-state index contributed by atoms with van der Waals surface area (Å²) in [5.41, 5.74) is 1.65. The van der Waals surface area contributed by atoms with Crippen molar-refractivity contribution in [3.8, 4) is 0 Å². The zero-order chi connectivity index (χ0) is 17.2. The maximum Gasteiger partial charge on any atom is 0.289 e.